The van der Waals surface area contributed by atoms with Crippen molar-refractivity contribution in [3.63, 3.8) is 0 Å². The van der Waals surface area contributed by atoms with Crippen molar-refractivity contribution >= 4 is 35.8 Å². The van der Waals surface area contributed by atoms with Gasteiger partial charge in [-0.2, -0.15) is 0 Å². The third-order valence-electron chi connectivity index (χ3n) is 2.88. The van der Waals surface area contributed by atoms with Crippen molar-refractivity contribution in [2.24, 2.45) is 0 Å². The van der Waals surface area contributed by atoms with Crippen LogP contribution in [0.5, 0.6) is 5.75 Å². The highest BCUT2D eigenvalue weighted by molar-refractivity contribution is 6.58. The number of benzene rings is 2. The quantitative estimate of drug-likeness (QED) is 0.853. The van der Waals surface area contributed by atoms with Gasteiger partial charge in [0.25, 0.3) is 0 Å². The van der Waals surface area contributed by atoms with Crippen LogP contribution in [-0.4, -0.2) is 17.2 Å². The first-order valence-electron chi connectivity index (χ1n) is 6.01. The summed E-state index contributed by atoms with van der Waals surface area (Å²) in [6.07, 6.45) is 0. The fourth-order valence-corrected chi connectivity index (χ4v) is 2.11. The molecule has 0 unspecified atom stereocenters. The smallest absolute Gasteiger partial charge is 0.488 e. The lowest BCUT2D eigenvalue weighted by molar-refractivity contribution is 0.304. The fraction of sp³-hybridized carbons (Fsp3) is 0.143. The van der Waals surface area contributed by atoms with E-state index in [4.69, 9.17) is 38.0 Å². The molecule has 0 radical (unpaired) electrons. The Morgan fingerprint density at radius 1 is 1.05 bits per heavy atom. The zero-order valence-electron chi connectivity index (χ0n) is 10.8. The van der Waals surface area contributed by atoms with E-state index in [0.717, 1.165) is 11.1 Å². The van der Waals surface area contributed by atoms with E-state index in [-0.39, 0.29) is 0 Å². The van der Waals surface area contributed by atoms with Crippen molar-refractivity contribution in [1.29, 1.82) is 0 Å². The van der Waals surface area contributed by atoms with Gasteiger partial charge < -0.3 is 14.8 Å². The molecule has 2 rings (SSSR count). The van der Waals surface area contributed by atoms with Gasteiger partial charge in [0.15, 0.2) is 0 Å². The van der Waals surface area contributed by atoms with Gasteiger partial charge in [0.05, 0.1) is 10.0 Å². The Hall–Kier alpha value is -1.20. The van der Waals surface area contributed by atoms with Crippen LogP contribution >= 0.6 is 23.2 Å². The van der Waals surface area contributed by atoms with Gasteiger partial charge in [0.2, 0.25) is 0 Å². The van der Waals surface area contributed by atoms with Crippen molar-refractivity contribution in [1.82, 2.24) is 0 Å². The van der Waals surface area contributed by atoms with Gasteiger partial charge in [-0.15, -0.1) is 0 Å². The van der Waals surface area contributed by atoms with E-state index < -0.39 is 7.12 Å². The number of rotatable bonds is 4. The fourth-order valence-electron chi connectivity index (χ4n) is 1.79. The van der Waals surface area contributed by atoms with Crippen molar-refractivity contribution in [2.75, 3.05) is 0 Å². The number of aryl methyl sites for hydroxylation is 1. The van der Waals surface area contributed by atoms with Crippen LogP contribution in [0.4, 0.5) is 0 Å². The molecule has 0 atom stereocenters. The largest absolute Gasteiger partial charge is 0.489 e. The minimum Gasteiger partial charge on any atom is -0.489 e. The van der Waals surface area contributed by atoms with Crippen LogP contribution in [0, 0.1) is 6.92 Å². The highest BCUT2D eigenvalue weighted by Gasteiger charge is 2.12. The normalized spacial score (nSPS) is 10.4. The summed E-state index contributed by atoms with van der Waals surface area (Å²) in [6, 6.07) is 10.3. The number of hydrogen-bond donors (Lipinski definition) is 2. The Morgan fingerprint density at radius 2 is 1.80 bits per heavy atom. The van der Waals surface area contributed by atoms with Crippen LogP contribution in [0.1, 0.15) is 11.1 Å². The van der Waals surface area contributed by atoms with Crippen LogP contribution < -0.4 is 10.2 Å². The Balaban J connectivity index is 2.09. The molecule has 0 spiro atoms. The molecule has 6 heteroatoms. The lowest BCUT2D eigenvalue weighted by Crippen LogP contribution is -2.29. The third kappa shape index (κ3) is 3.67. The van der Waals surface area contributed by atoms with Crippen molar-refractivity contribution < 1.29 is 14.8 Å². The molecule has 104 valence electrons. The second-order valence-corrected chi connectivity index (χ2v) is 5.25. The summed E-state index contributed by atoms with van der Waals surface area (Å²) < 4.78 is 5.69. The molecule has 3 nitrogen and oxygen atoms in total. The lowest BCUT2D eigenvalue weighted by atomic mass is 9.79. The molecule has 0 saturated heterocycles. The molecular formula is C14H13BCl2O3. The zero-order valence-corrected chi connectivity index (χ0v) is 12.3. The molecule has 2 aromatic carbocycles. The van der Waals surface area contributed by atoms with Crippen molar-refractivity contribution in [2.45, 2.75) is 13.5 Å². The van der Waals surface area contributed by atoms with Crippen LogP contribution in [0.25, 0.3) is 0 Å². The van der Waals surface area contributed by atoms with Crippen LogP contribution in [0.15, 0.2) is 36.4 Å². The van der Waals surface area contributed by atoms with Crippen molar-refractivity contribution in [3.8, 4) is 5.75 Å². The number of hydrogen-bond acceptors (Lipinski definition) is 3. The second-order valence-electron chi connectivity index (χ2n) is 4.44. The third-order valence-corrected chi connectivity index (χ3v) is 3.61. The van der Waals surface area contributed by atoms with Crippen LogP contribution in [0.2, 0.25) is 10.0 Å². The average Bonchev–Trinajstić information content (AvgIpc) is 2.41. The molecular weight excluding hydrogens is 298 g/mol. The van der Waals surface area contributed by atoms with E-state index in [1.165, 1.54) is 0 Å². The Labute approximate surface area is 127 Å². The molecule has 2 N–H and O–H groups in total. The Morgan fingerprint density at radius 3 is 2.40 bits per heavy atom. The van der Waals surface area contributed by atoms with E-state index in [1.54, 1.807) is 30.3 Å². The summed E-state index contributed by atoms with van der Waals surface area (Å²) in [7, 11) is -1.47. The maximum Gasteiger partial charge on any atom is 0.488 e. The number of ether oxygens (including phenoxy) is 1. The maximum absolute atomic E-state index is 9.09. The predicted octanol–water partition coefficient (Wildman–Crippen LogP) is 2.56. The first kappa shape index (κ1) is 15.2. The monoisotopic (exact) mass is 310 g/mol. The van der Waals surface area contributed by atoms with Gasteiger partial charge in [-0.25, -0.2) is 0 Å². The standard InChI is InChI=1S/C14H13BCl2O3/c1-9-6-11(15(18)19)3-5-14(9)20-8-10-2-4-12(16)13(17)7-10/h2-7,18-19H,8H2,1H3. The average molecular weight is 311 g/mol. The molecule has 20 heavy (non-hydrogen) atoms. The predicted molar refractivity (Wildman–Crippen MR) is 81.8 cm³/mol. The molecule has 2 aromatic rings. The van der Waals surface area contributed by atoms with Gasteiger partial charge in [-0.1, -0.05) is 41.4 Å². The van der Waals surface area contributed by atoms with Crippen LogP contribution in [0.3, 0.4) is 0 Å². The second kappa shape index (κ2) is 6.50. The SMILES string of the molecule is Cc1cc(B(O)O)ccc1OCc1ccc(Cl)c(Cl)c1. The molecule has 0 aliphatic heterocycles. The van der Waals surface area contributed by atoms with Gasteiger partial charge >= 0.3 is 7.12 Å². The van der Waals surface area contributed by atoms with E-state index >= 15 is 0 Å². The molecule has 0 aliphatic rings. The summed E-state index contributed by atoms with van der Waals surface area (Å²) >= 11 is 11.8. The summed E-state index contributed by atoms with van der Waals surface area (Å²) in [5.74, 6) is 0.681. The number of halogens is 2. The molecule has 0 aliphatic carbocycles. The Kier molecular flexibility index (Phi) is 4.94. The molecule has 0 fully saturated rings. The summed E-state index contributed by atoms with van der Waals surface area (Å²) in [6.45, 7) is 2.20. The molecule has 0 heterocycles. The zero-order chi connectivity index (χ0) is 14.7. The van der Waals surface area contributed by atoms with Gasteiger partial charge in [-0.05, 0) is 41.7 Å². The molecule has 0 aromatic heterocycles. The van der Waals surface area contributed by atoms with Crippen LogP contribution in [-0.2, 0) is 6.61 Å². The van der Waals surface area contributed by atoms with E-state index in [9.17, 15) is 0 Å². The minimum atomic E-state index is -1.47. The highest BCUT2D eigenvalue weighted by Crippen LogP contribution is 2.24. The van der Waals surface area contributed by atoms with Gasteiger partial charge in [-0.3, -0.25) is 0 Å². The summed E-state index contributed by atoms with van der Waals surface area (Å²) in [4.78, 5) is 0. The van der Waals surface area contributed by atoms with Gasteiger partial charge in [0.1, 0.15) is 12.4 Å². The van der Waals surface area contributed by atoms with E-state index in [0.29, 0.717) is 27.9 Å². The summed E-state index contributed by atoms with van der Waals surface area (Å²) in [5, 5.41) is 19.2. The first-order valence-corrected chi connectivity index (χ1v) is 6.76. The van der Waals surface area contributed by atoms with Crippen molar-refractivity contribution in [3.05, 3.63) is 57.6 Å². The first-order chi connectivity index (χ1) is 9.47. The summed E-state index contributed by atoms with van der Waals surface area (Å²) in [5.41, 5.74) is 2.17. The topological polar surface area (TPSA) is 49.7 Å². The van der Waals surface area contributed by atoms with Gasteiger partial charge in [0, 0.05) is 0 Å². The minimum absolute atomic E-state index is 0.360. The molecule has 0 saturated carbocycles. The van der Waals surface area contributed by atoms with E-state index in [1.807, 2.05) is 13.0 Å². The Bertz CT molecular complexity index is 617. The lowest BCUT2D eigenvalue weighted by Gasteiger charge is -2.11. The maximum atomic E-state index is 9.09. The van der Waals surface area contributed by atoms with E-state index in [2.05, 4.69) is 0 Å². The molecule has 0 amide bonds. The molecule has 0 bridgehead atoms. The highest BCUT2D eigenvalue weighted by atomic mass is 35.5.